The minimum absolute atomic E-state index is 0.372. The van der Waals surface area contributed by atoms with E-state index >= 15 is 0 Å². The molecule has 0 aliphatic carbocycles. The van der Waals surface area contributed by atoms with Crippen molar-refractivity contribution >= 4 is 23.2 Å². The highest BCUT2D eigenvalue weighted by Crippen LogP contribution is 2.34. The molecule has 0 atom stereocenters. The van der Waals surface area contributed by atoms with E-state index in [9.17, 15) is 0 Å². The zero-order valence-corrected chi connectivity index (χ0v) is 10.1. The number of halogens is 2. The van der Waals surface area contributed by atoms with Crippen molar-refractivity contribution in [3.05, 3.63) is 46.7 Å². The van der Waals surface area contributed by atoms with Crippen LogP contribution in [0.3, 0.4) is 0 Å². The summed E-state index contributed by atoms with van der Waals surface area (Å²) in [6, 6.07) is 11.2. The normalized spacial score (nSPS) is 10.2. The Bertz CT molecular complexity index is 514. The third-order valence-corrected chi connectivity index (χ3v) is 2.71. The quantitative estimate of drug-likeness (QED) is 0.754. The molecule has 1 aromatic carbocycles. The third kappa shape index (κ3) is 2.13. The first-order chi connectivity index (χ1) is 7.72. The molecular formula is C12H9Cl2NO. The fourth-order valence-electron chi connectivity index (χ4n) is 1.48. The fraction of sp³-hybridized carbons (Fsp3) is 0.0833. The lowest BCUT2D eigenvalue weighted by Gasteiger charge is -2.09. The Morgan fingerprint density at radius 3 is 2.44 bits per heavy atom. The zero-order chi connectivity index (χ0) is 11.5. The summed E-state index contributed by atoms with van der Waals surface area (Å²) in [6.07, 6.45) is 0. The van der Waals surface area contributed by atoms with Crippen molar-refractivity contribution in [2.24, 2.45) is 0 Å². The van der Waals surface area contributed by atoms with Crippen molar-refractivity contribution < 1.29 is 4.74 Å². The van der Waals surface area contributed by atoms with Crippen LogP contribution in [0.2, 0.25) is 10.3 Å². The lowest BCUT2D eigenvalue weighted by molar-refractivity contribution is 0.416. The first-order valence-corrected chi connectivity index (χ1v) is 5.43. The molecule has 1 heterocycles. The van der Waals surface area contributed by atoms with E-state index in [1.807, 2.05) is 30.3 Å². The van der Waals surface area contributed by atoms with Crippen molar-refractivity contribution in [2.75, 3.05) is 7.11 Å². The Morgan fingerprint density at radius 2 is 1.75 bits per heavy atom. The molecule has 1 aromatic heterocycles. The van der Waals surface area contributed by atoms with Gasteiger partial charge in [-0.15, -0.1) is 0 Å². The Labute approximate surface area is 104 Å². The molecule has 2 rings (SSSR count). The third-order valence-electron chi connectivity index (χ3n) is 2.21. The number of benzene rings is 1. The van der Waals surface area contributed by atoms with Gasteiger partial charge < -0.3 is 4.74 Å². The number of rotatable bonds is 2. The molecule has 0 radical (unpaired) electrons. The van der Waals surface area contributed by atoms with E-state index in [1.165, 1.54) is 0 Å². The van der Waals surface area contributed by atoms with Crippen LogP contribution in [-0.4, -0.2) is 12.1 Å². The Hall–Kier alpha value is -1.25. The summed E-state index contributed by atoms with van der Waals surface area (Å²) in [5.41, 5.74) is 1.71. The second-order valence-corrected chi connectivity index (χ2v) is 3.92. The van der Waals surface area contributed by atoms with Gasteiger partial charge in [0.15, 0.2) is 0 Å². The zero-order valence-electron chi connectivity index (χ0n) is 8.58. The number of hydrogen-bond acceptors (Lipinski definition) is 2. The van der Waals surface area contributed by atoms with Gasteiger partial charge in [-0.05, 0) is 18.2 Å². The van der Waals surface area contributed by atoms with E-state index in [0.29, 0.717) is 10.3 Å². The summed E-state index contributed by atoms with van der Waals surface area (Å²) in [6.45, 7) is 0. The van der Waals surface area contributed by atoms with Crippen LogP contribution in [0.5, 0.6) is 5.75 Å². The summed E-state index contributed by atoms with van der Waals surface area (Å²) in [4.78, 5) is 4.00. The van der Waals surface area contributed by atoms with Gasteiger partial charge >= 0.3 is 0 Å². The SMILES string of the molecule is COc1ccccc1-c1ccc(Cl)nc1Cl. The second kappa shape index (κ2) is 4.73. The molecule has 0 spiro atoms. The highest BCUT2D eigenvalue weighted by atomic mass is 35.5. The molecule has 0 amide bonds. The molecule has 16 heavy (non-hydrogen) atoms. The van der Waals surface area contributed by atoms with Gasteiger partial charge in [-0.3, -0.25) is 0 Å². The molecule has 2 aromatic rings. The van der Waals surface area contributed by atoms with Crippen molar-refractivity contribution in [3.8, 4) is 16.9 Å². The van der Waals surface area contributed by atoms with E-state index in [1.54, 1.807) is 13.2 Å². The van der Waals surface area contributed by atoms with Gasteiger partial charge in [0.1, 0.15) is 16.1 Å². The first kappa shape index (κ1) is 11.2. The number of aromatic nitrogens is 1. The number of ether oxygens (including phenoxy) is 1. The molecule has 0 saturated heterocycles. The maximum absolute atomic E-state index is 6.04. The molecule has 82 valence electrons. The van der Waals surface area contributed by atoms with E-state index in [-0.39, 0.29) is 0 Å². The maximum atomic E-state index is 6.04. The van der Waals surface area contributed by atoms with Crippen LogP contribution in [0.1, 0.15) is 0 Å². The van der Waals surface area contributed by atoms with Gasteiger partial charge in [0.05, 0.1) is 7.11 Å². The molecule has 0 fully saturated rings. The number of para-hydroxylation sites is 1. The number of pyridine rings is 1. The van der Waals surface area contributed by atoms with Gasteiger partial charge in [-0.2, -0.15) is 0 Å². The maximum Gasteiger partial charge on any atom is 0.138 e. The molecule has 0 aliphatic rings. The highest BCUT2D eigenvalue weighted by Gasteiger charge is 2.09. The van der Waals surface area contributed by atoms with Crippen molar-refractivity contribution in [3.63, 3.8) is 0 Å². The highest BCUT2D eigenvalue weighted by molar-refractivity contribution is 6.34. The Morgan fingerprint density at radius 1 is 1.00 bits per heavy atom. The molecule has 0 aliphatic heterocycles. The summed E-state index contributed by atoms with van der Waals surface area (Å²) in [5.74, 6) is 0.758. The van der Waals surface area contributed by atoms with Gasteiger partial charge in [-0.25, -0.2) is 4.98 Å². The average Bonchev–Trinajstić information content (AvgIpc) is 2.29. The van der Waals surface area contributed by atoms with Crippen LogP contribution in [0.25, 0.3) is 11.1 Å². The van der Waals surface area contributed by atoms with E-state index in [4.69, 9.17) is 27.9 Å². The molecule has 2 nitrogen and oxygen atoms in total. The summed E-state index contributed by atoms with van der Waals surface area (Å²) < 4.78 is 5.27. The van der Waals surface area contributed by atoms with E-state index < -0.39 is 0 Å². The van der Waals surface area contributed by atoms with E-state index in [0.717, 1.165) is 16.9 Å². The molecule has 0 bridgehead atoms. The fourth-order valence-corrected chi connectivity index (χ4v) is 1.93. The van der Waals surface area contributed by atoms with Crippen molar-refractivity contribution in [1.82, 2.24) is 4.98 Å². The largest absolute Gasteiger partial charge is 0.496 e. The number of hydrogen-bond donors (Lipinski definition) is 0. The molecule has 0 N–H and O–H groups in total. The van der Waals surface area contributed by atoms with Crippen LogP contribution < -0.4 is 4.74 Å². The average molecular weight is 254 g/mol. The minimum Gasteiger partial charge on any atom is -0.496 e. The first-order valence-electron chi connectivity index (χ1n) is 4.68. The monoisotopic (exact) mass is 253 g/mol. The summed E-state index contributed by atoms with van der Waals surface area (Å²) >= 11 is 11.8. The van der Waals surface area contributed by atoms with Crippen LogP contribution in [0.4, 0.5) is 0 Å². The number of nitrogens with zero attached hydrogens (tertiary/aromatic N) is 1. The predicted octanol–water partition coefficient (Wildman–Crippen LogP) is 4.06. The molecular weight excluding hydrogens is 245 g/mol. The van der Waals surface area contributed by atoms with Gasteiger partial charge in [0.25, 0.3) is 0 Å². The van der Waals surface area contributed by atoms with E-state index in [2.05, 4.69) is 4.98 Å². The number of methoxy groups -OCH3 is 1. The summed E-state index contributed by atoms with van der Waals surface area (Å²) in [5, 5.41) is 0.751. The van der Waals surface area contributed by atoms with Crippen LogP contribution in [0.15, 0.2) is 36.4 Å². The molecule has 0 unspecified atom stereocenters. The summed E-state index contributed by atoms with van der Waals surface area (Å²) in [7, 11) is 1.62. The van der Waals surface area contributed by atoms with Crippen LogP contribution >= 0.6 is 23.2 Å². The topological polar surface area (TPSA) is 22.1 Å². The standard InChI is InChI=1S/C12H9Cl2NO/c1-16-10-5-3-2-4-8(10)9-6-7-11(13)15-12(9)14/h2-7H,1H3. The minimum atomic E-state index is 0.372. The van der Waals surface area contributed by atoms with Crippen LogP contribution in [-0.2, 0) is 0 Å². The van der Waals surface area contributed by atoms with Gasteiger partial charge in [0.2, 0.25) is 0 Å². The second-order valence-electron chi connectivity index (χ2n) is 3.17. The molecule has 0 saturated carbocycles. The van der Waals surface area contributed by atoms with Crippen molar-refractivity contribution in [1.29, 1.82) is 0 Å². The Balaban J connectivity index is 2.58. The predicted molar refractivity (Wildman–Crippen MR) is 66.2 cm³/mol. The Kier molecular flexibility index (Phi) is 3.32. The van der Waals surface area contributed by atoms with Crippen molar-refractivity contribution in [2.45, 2.75) is 0 Å². The smallest absolute Gasteiger partial charge is 0.138 e. The molecule has 4 heteroatoms. The van der Waals surface area contributed by atoms with Crippen LogP contribution in [0, 0.1) is 0 Å². The van der Waals surface area contributed by atoms with Gasteiger partial charge in [-0.1, -0.05) is 41.4 Å². The lowest BCUT2D eigenvalue weighted by Crippen LogP contribution is -1.89. The lowest BCUT2D eigenvalue weighted by atomic mass is 10.1. The van der Waals surface area contributed by atoms with Gasteiger partial charge in [0, 0.05) is 11.1 Å².